The van der Waals surface area contributed by atoms with Crippen molar-refractivity contribution in [3.63, 3.8) is 0 Å². The molecule has 1 saturated heterocycles. The minimum Gasteiger partial charge on any atom is -0.356 e. The number of likely N-dealkylation sites (tertiary alicyclic amines) is 1. The molecule has 1 heterocycles. The largest absolute Gasteiger partial charge is 0.356 e. The molecule has 1 aliphatic carbocycles. The predicted molar refractivity (Wildman–Crippen MR) is 77.9 cm³/mol. The zero-order valence-corrected chi connectivity index (χ0v) is 12.1. The third-order valence-electron chi connectivity index (χ3n) is 4.69. The number of carbonyl (C=O) groups excluding carboxylic acids is 1. The highest BCUT2D eigenvalue weighted by Crippen LogP contribution is 2.35. The lowest BCUT2D eigenvalue weighted by atomic mass is 9.78. The molecule has 2 aliphatic rings. The summed E-state index contributed by atoms with van der Waals surface area (Å²) in [4.78, 5) is 14.3. The van der Waals surface area contributed by atoms with Crippen LogP contribution in [0.4, 0.5) is 0 Å². The van der Waals surface area contributed by atoms with Gasteiger partial charge < -0.3 is 11.1 Å². The molecule has 0 bridgehead atoms. The molecule has 4 heteroatoms. The van der Waals surface area contributed by atoms with Crippen molar-refractivity contribution >= 4 is 5.91 Å². The second-order valence-corrected chi connectivity index (χ2v) is 6.03. The molecule has 19 heavy (non-hydrogen) atoms. The number of nitrogens with two attached hydrogens (primary N) is 1. The topological polar surface area (TPSA) is 58.4 Å². The van der Waals surface area contributed by atoms with Gasteiger partial charge in [0.05, 0.1) is 0 Å². The van der Waals surface area contributed by atoms with Crippen molar-refractivity contribution in [1.82, 2.24) is 10.2 Å². The van der Waals surface area contributed by atoms with Crippen LogP contribution in [-0.4, -0.2) is 43.0 Å². The first-order valence-electron chi connectivity index (χ1n) is 8.02. The van der Waals surface area contributed by atoms with E-state index in [1.807, 2.05) is 0 Å². The van der Waals surface area contributed by atoms with Crippen molar-refractivity contribution in [2.45, 2.75) is 57.4 Å². The monoisotopic (exact) mass is 267 g/mol. The molecule has 4 nitrogen and oxygen atoms in total. The first-order chi connectivity index (χ1) is 9.31. The summed E-state index contributed by atoms with van der Waals surface area (Å²) in [5.41, 5.74) is 5.42. The minimum absolute atomic E-state index is 0.186. The van der Waals surface area contributed by atoms with Crippen LogP contribution in [-0.2, 0) is 4.79 Å². The van der Waals surface area contributed by atoms with Gasteiger partial charge in [-0.2, -0.15) is 0 Å². The predicted octanol–water partition coefficient (Wildman–Crippen LogP) is 1.50. The smallest absolute Gasteiger partial charge is 0.221 e. The van der Waals surface area contributed by atoms with Crippen molar-refractivity contribution in [2.75, 3.05) is 26.2 Å². The fourth-order valence-electron chi connectivity index (χ4n) is 3.67. The van der Waals surface area contributed by atoms with Crippen LogP contribution in [0.2, 0.25) is 0 Å². The second-order valence-electron chi connectivity index (χ2n) is 6.03. The normalized spacial score (nSPS) is 27.8. The Balaban J connectivity index is 1.70. The number of nitrogens with zero attached hydrogens (tertiary/aromatic N) is 1. The number of rotatable bonds is 6. The third kappa shape index (κ3) is 4.46. The van der Waals surface area contributed by atoms with E-state index in [-0.39, 0.29) is 5.91 Å². The van der Waals surface area contributed by atoms with Gasteiger partial charge in [-0.05, 0) is 51.1 Å². The summed E-state index contributed by atoms with van der Waals surface area (Å²) in [5.74, 6) is 1.09. The van der Waals surface area contributed by atoms with E-state index < -0.39 is 0 Å². The first kappa shape index (κ1) is 14.8. The number of amides is 1. The summed E-state index contributed by atoms with van der Waals surface area (Å²) in [5, 5.41) is 2.95. The van der Waals surface area contributed by atoms with E-state index in [0.29, 0.717) is 13.0 Å². The van der Waals surface area contributed by atoms with Crippen LogP contribution in [0.15, 0.2) is 0 Å². The summed E-state index contributed by atoms with van der Waals surface area (Å²) in [6.45, 7) is 3.50. The molecule has 0 aromatic carbocycles. The maximum atomic E-state index is 11.7. The van der Waals surface area contributed by atoms with Gasteiger partial charge in [0.2, 0.25) is 5.91 Å². The Hall–Kier alpha value is -0.610. The molecular weight excluding hydrogens is 238 g/mol. The molecule has 2 atom stereocenters. The highest BCUT2D eigenvalue weighted by atomic mass is 16.1. The molecule has 0 aromatic rings. The Morgan fingerprint density at radius 3 is 2.84 bits per heavy atom. The highest BCUT2D eigenvalue weighted by Gasteiger charge is 2.32. The van der Waals surface area contributed by atoms with Gasteiger partial charge in [0.15, 0.2) is 0 Å². The number of hydrogen-bond donors (Lipinski definition) is 2. The van der Waals surface area contributed by atoms with Crippen LogP contribution in [0, 0.1) is 5.92 Å². The number of carbonyl (C=O) groups is 1. The van der Waals surface area contributed by atoms with Gasteiger partial charge in [-0.3, -0.25) is 9.69 Å². The maximum Gasteiger partial charge on any atom is 0.221 e. The fraction of sp³-hybridized carbons (Fsp3) is 0.933. The molecule has 110 valence electrons. The van der Waals surface area contributed by atoms with E-state index in [9.17, 15) is 4.79 Å². The van der Waals surface area contributed by atoms with Gasteiger partial charge in [0.1, 0.15) is 0 Å². The van der Waals surface area contributed by atoms with Crippen molar-refractivity contribution in [3.8, 4) is 0 Å². The molecule has 0 spiro atoms. The van der Waals surface area contributed by atoms with Gasteiger partial charge in [0, 0.05) is 25.6 Å². The zero-order chi connectivity index (χ0) is 13.5. The minimum atomic E-state index is 0.186. The Morgan fingerprint density at radius 1 is 1.21 bits per heavy atom. The van der Waals surface area contributed by atoms with Crippen LogP contribution < -0.4 is 11.1 Å². The molecular formula is C15H29N3O. The number of hydrogen-bond acceptors (Lipinski definition) is 3. The molecule has 2 fully saturated rings. The van der Waals surface area contributed by atoms with Gasteiger partial charge in [-0.25, -0.2) is 0 Å². The summed E-state index contributed by atoms with van der Waals surface area (Å²) in [7, 11) is 0. The summed E-state index contributed by atoms with van der Waals surface area (Å²) in [6, 6.07) is 0.763. The standard InChI is InChI=1S/C15H29N3O/c16-9-4-10-17-15(19)8-12-18-11-3-6-13-5-1-2-7-14(13)18/h13-14H,1-12,16H2,(H,17,19). The Labute approximate surface area is 117 Å². The van der Waals surface area contributed by atoms with Crippen LogP contribution in [0.3, 0.4) is 0 Å². The number of fused-ring (bicyclic) bond motifs is 1. The van der Waals surface area contributed by atoms with E-state index in [1.54, 1.807) is 0 Å². The van der Waals surface area contributed by atoms with Crippen LogP contribution >= 0.6 is 0 Å². The number of nitrogens with one attached hydrogen (secondary N) is 1. The van der Waals surface area contributed by atoms with Gasteiger partial charge >= 0.3 is 0 Å². The van der Waals surface area contributed by atoms with Crippen LogP contribution in [0.25, 0.3) is 0 Å². The molecule has 0 radical (unpaired) electrons. The van der Waals surface area contributed by atoms with Crippen LogP contribution in [0.1, 0.15) is 51.4 Å². The molecule has 0 aromatic heterocycles. The summed E-state index contributed by atoms with van der Waals surface area (Å²) < 4.78 is 0. The molecule has 2 unspecified atom stereocenters. The lowest BCUT2D eigenvalue weighted by Gasteiger charge is -2.44. The van der Waals surface area contributed by atoms with E-state index in [1.165, 1.54) is 45.1 Å². The summed E-state index contributed by atoms with van der Waals surface area (Å²) in [6.07, 6.45) is 9.78. The van der Waals surface area contributed by atoms with E-state index in [0.717, 1.165) is 31.5 Å². The Bertz CT molecular complexity index is 281. The van der Waals surface area contributed by atoms with E-state index in [2.05, 4.69) is 10.2 Å². The summed E-state index contributed by atoms with van der Waals surface area (Å²) >= 11 is 0. The quantitative estimate of drug-likeness (QED) is 0.717. The molecule has 1 amide bonds. The second kappa shape index (κ2) is 7.85. The Kier molecular flexibility index (Phi) is 6.11. The van der Waals surface area contributed by atoms with E-state index >= 15 is 0 Å². The van der Waals surface area contributed by atoms with Crippen molar-refractivity contribution in [1.29, 1.82) is 0 Å². The maximum absolute atomic E-state index is 11.7. The average molecular weight is 267 g/mol. The molecule has 2 rings (SSSR count). The van der Waals surface area contributed by atoms with Crippen LogP contribution in [0.5, 0.6) is 0 Å². The molecule has 1 saturated carbocycles. The first-order valence-corrected chi connectivity index (χ1v) is 8.02. The number of piperidine rings is 1. The lowest BCUT2D eigenvalue weighted by Crippen LogP contribution is -2.47. The van der Waals surface area contributed by atoms with Crippen molar-refractivity contribution in [2.24, 2.45) is 11.7 Å². The van der Waals surface area contributed by atoms with E-state index in [4.69, 9.17) is 5.73 Å². The molecule has 1 aliphatic heterocycles. The van der Waals surface area contributed by atoms with Gasteiger partial charge in [0.25, 0.3) is 0 Å². The average Bonchev–Trinajstić information content (AvgIpc) is 2.45. The SMILES string of the molecule is NCCCNC(=O)CCN1CCCC2CCCCC21. The third-order valence-corrected chi connectivity index (χ3v) is 4.69. The van der Waals surface area contributed by atoms with Gasteiger partial charge in [-0.1, -0.05) is 12.8 Å². The zero-order valence-electron chi connectivity index (χ0n) is 12.1. The molecule has 3 N–H and O–H groups in total. The van der Waals surface area contributed by atoms with Gasteiger partial charge in [-0.15, -0.1) is 0 Å². The van der Waals surface area contributed by atoms with Crippen molar-refractivity contribution in [3.05, 3.63) is 0 Å². The highest BCUT2D eigenvalue weighted by molar-refractivity contribution is 5.76. The van der Waals surface area contributed by atoms with Crippen molar-refractivity contribution < 1.29 is 4.79 Å². The Morgan fingerprint density at radius 2 is 2.00 bits per heavy atom. The lowest BCUT2D eigenvalue weighted by molar-refractivity contribution is -0.121. The fourth-order valence-corrected chi connectivity index (χ4v) is 3.67.